The number of carbonyl (C=O) groups is 2. The molecule has 1 aliphatic heterocycles. The Morgan fingerprint density at radius 3 is 2.56 bits per heavy atom. The SMILES string of the molecule is Cc1ncc(C(=O)NCCc2ccccc2)c(C2CCN(C(=O)c3cccnc3)CC2)n1. The fourth-order valence-electron chi connectivity index (χ4n) is 4.06. The number of aryl methyl sites for hydroxylation is 1. The van der Waals surface area contributed by atoms with Crippen molar-refractivity contribution in [3.8, 4) is 0 Å². The first kappa shape index (κ1) is 21.6. The van der Waals surface area contributed by atoms with Gasteiger partial charge >= 0.3 is 0 Å². The number of amides is 2. The number of hydrogen-bond acceptors (Lipinski definition) is 5. The van der Waals surface area contributed by atoms with Crippen LogP contribution in [0.4, 0.5) is 0 Å². The van der Waals surface area contributed by atoms with Gasteiger partial charge in [-0.25, -0.2) is 9.97 Å². The molecule has 7 heteroatoms. The van der Waals surface area contributed by atoms with Crippen LogP contribution in [0.5, 0.6) is 0 Å². The Morgan fingerprint density at radius 1 is 1.06 bits per heavy atom. The van der Waals surface area contributed by atoms with Gasteiger partial charge in [-0.2, -0.15) is 0 Å². The van der Waals surface area contributed by atoms with Crippen LogP contribution in [-0.4, -0.2) is 51.3 Å². The minimum Gasteiger partial charge on any atom is -0.352 e. The lowest BCUT2D eigenvalue weighted by molar-refractivity contribution is 0.0710. The molecule has 3 aromatic rings. The first-order valence-electron chi connectivity index (χ1n) is 11.0. The Bertz CT molecular complexity index is 1060. The van der Waals surface area contributed by atoms with Crippen LogP contribution in [0.3, 0.4) is 0 Å². The summed E-state index contributed by atoms with van der Waals surface area (Å²) < 4.78 is 0. The van der Waals surface area contributed by atoms with E-state index in [0.29, 0.717) is 36.6 Å². The van der Waals surface area contributed by atoms with Crippen LogP contribution in [0.25, 0.3) is 0 Å². The minimum absolute atomic E-state index is 0.00528. The molecule has 0 aliphatic carbocycles. The third-order valence-corrected chi connectivity index (χ3v) is 5.80. The summed E-state index contributed by atoms with van der Waals surface area (Å²) in [6.45, 7) is 3.63. The van der Waals surface area contributed by atoms with Crippen molar-refractivity contribution >= 4 is 11.8 Å². The molecule has 0 unspecified atom stereocenters. The van der Waals surface area contributed by atoms with Crippen molar-refractivity contribution in [2.24, 2.45) is 0 Å². The Hall–Kier alpha value is -3.61. The van der Waals surface area contributed by atoms with Crippen LogP contribution >= 0.6 is 0 Å². The van der Waals surface area contributed by atoms with Gasteiger partial charge in [0.25, 0.3) is 11.8 Å². The van der Waals surface area contributed by atoms with Crippen molar-refractivity contribution in [1.82, 2.24) is 25.2 Å². The number of nitrogens with zero attached hydrogens (tertiary/aromatic N) is 4. The summed E-state index contributed by atoms with van der Waals surface area (Å²) in [5.74, 6) is 0.610. The van der Waals surface area contributed by atoms with E-state index in [-0.39, 0.29) is 17.7 Å². The van der Waals surface area contributed by atoms with E-state index in [4.69, 9.17) is 0 Å². The quantitative estimate of drug-likeness (QED) is 0.650. The smallest absolute Gasteiger partial charge is 0.255 e. The van der Waals surface area contributed by atoms with E-state index in [9.17, 15) is 9.59 Å². The number of nitrogens with one attached hydrogen (secondary N) is 1. The van der Waals surface area contributed by atoms with Gasteiger partial charge in [-0.3, -0.25) is 14.6 Å². The maximum Gasteiger partial charge on any atom is 0.255 e. The minimum atomic E-state index is -0.148. The Balaban J connectivity index is 1.40. The van der Waals surface area contributed by atoms with E-state index in [1.165, 1.54) is 5.56 Å². The summed E-state index contributed by atoms with van der Waals surface area (Å²) in [7, 11) is 0. The third-order valence-electron chi connectivity index (χ3n) is 5.80. The lowest BCUT2D eigenvalue weighted by atomic mass is 9.90. The molecule has 7 nitrogen and oxygen atoms in total. The van der Waals surface area contributed by atoms with E-state index in [2.05, 4.69) is 20.3 Å². The molecular weight excluding hydrogens is 402 g/mol. The van der Waals surface area contributed by atoms with Crippen LogP contribution < -0.4 is 5.32 Å². The molecule has 2 aromatic heterocycles. The van der Waals surface area contributed by atoms with E-state index in [0.717, 1.165) is 25.0 Å². The van der Waals surface area contributed by atoms with Gasteiger partial charge in [-0.15, -0.1) is 0 Å². The van der Waals surface area contributed by atoms with Crippen molar-refractivity contribution in [3.05, 3.63) is 89.3 Å². The highest BCUT2D eigenvalue weighted by molar-refractivity contribution is 5.95. The molecule has 2 amide bonds. The highest BCUT2D eigenvalue weighted by Crippen LogP contribution is 2.29. The van der Waals surface area contributed by atoms with Crippen LogP contribution in [-0.2, 0) is 6.42 Å². The summed E-state index contributed by atoms with van der Waals surface area (Å²) in [6.07, 6.45) is 7.17. The van der Waals surface area contributed by atoms with Gasteiger partial charge in [0, 0.05) is 44.1 Å². The van der Waals surface area contributed by atoms with Crippen LogP contribution in [0.1, 0.15) is 56.6 Å². The second-order valence-corrected chi connectivity index (χ2v) is 8.02. The summed E-state index contributed by atoms with van der Waals surface area (Å²) in [6, 6.07) is 13.6. The monoisotopic (exact) mass is 429 g/mol. The zero-order chi connectivity index (χ0) is 22.3. The predicted molar refractivity (Wildman–Crippen MR) is 121 cm³/mol. The lowest BCUT2D eigenvalue weighted by Gasteiger charge is -2.32. The fourth-order valence-corrected chi connectivity index (χ4v) is 4.06. The highest BCUT2D eigenvalue weighted by Gasteiger charge is 2.28. The number of pyridine rings is 1. The van der Waals surface area contributed by atoms with E-state index in [1.807, 2.05) is 42.2 Å². The molecule has 32 heavy (non-hydrogen) atoms. The first-order valence-corrected chi connectivity index (χ1v) is 11.0. The summed E-state index contributed by atoms with van der Waals surface area (Å²) in [5.41, 5.74) is 3.09. The number of likely N-dealkylation sites (tertiary alicyclic amines) is 1. The zero-order valence-electron chi connectivity index (χ0n) is 18.2. The molecule has 0 saturated carbocycles. The van der Waals surface area contributed by atoms with Gasteiger partial charge in [0.2, 0.25) is 0 Å². The molecule has 0 atom stereocenters. The molecule has 3 heterocycles. The predicted octanol–water partition coefficient (Wildman–Crippen LogP) is 3.17. The molecule has 164 valence electrons. The zero-order valence-corrected chi connectivity index (χ0v) is 18.2. The van der Waals surface area contributed by atoms with Crippen molar-refractivity contribution in [1.29, 1.82) is 0 Å². The highest BCUT2D eigenvalue weighted by atomic mass is 16.2. The number of piperidine rings is 1. The van der Waals surface area contributed by atoms with Crippen molar-refractivity contribution in [3.63, 3.8) is 0 Å². The largest absolute Gasteiger partial charge is 0.352 e. The van der Waals surface area contributed by atoms with E-state index in [1.54, 1.807) is 30.7 Å². The van der Waals surface area contributed by atoms with Gasteiger partial charge in [0.05, 0.1) is 16.8 Å². The Labute approximate surface area is 187 Å². The average molecular weight is 430 g/mol. The Kier molecular flexibility index (Phi) is 6.84. The van der Waals surface area contributed by atoms with E-state index >= 15 is 0 Å². The van der Waals surface area contributed by atoms with Gasteiger partial charge in [-0.05, 0) is 43.9 Å². The molecule has 1 fully saturated rings. The third kappa shape index (κ3) is 5.17. The maximum absolute atomic E-state index is 12.9. The average Bonchev–Trinajstić information content (AvgIpc) is 2.85. The van der Waals surface area contributed by atoms with Gasteiger partial charge in [0.1, 0.15) is 5.82 Å². The molecule has 4 rings (SSSR count). The fraction of sp³-hybridized carbons (Fsp3) is 0.320. The second kappa shape index (κ2) is 10.1. The standard InChI is InChI=1S/C25H27N5O2/c1-18-28-17-22(24(31)27-13-9-19-6-3-2-4-7-19)23(29-18)20-10-14-30(15-11-20)25(32)21-8-5-12-26-16-21/h2-8,12,16-17,20H,9-11,13-15H2,1H3,(H,27,31). The van der Waals surface area contributed by atoms with Crippen molar-refractivity contribution < 1.29 is 9.59 Å². The van der Waals surface area contributed by atoms with Crippen LogP contribution in [0, 0.1) is 6.92 Å². The molecule has 0 radical (unpaired) electrons. The molecule has 1 saturated heterocycles. The molecule has 0 bridgehead atoms. The second-order valence-electron chi connectivity index (χ2n) is 8.02. The van der Waals surface area contributed by atoms with Crippen molar-refractivity contribution in [2.45, 2.75) is 32.1 Å². The number of rotatable bonds is 6. The molecular formula is C25H27N5O2. The van der Waals surface area contributed by atoms with Crippen LogP contribution in [0.2, 0.25) is 0 Å². The van der Waals surface area contributed by atoms with Crippen LogP contribution in [0.15, 0.2) is 61.1 Å². The number of carbonyl (C=O) groups excluding carboxylic acids is 2. The number of aromatic nitrogens is 3. The van der Waals surface area contributed by atoms with E-state index < -0.39 is 0 Å². The van der Waals surface area contributed by atoms with Gasteiger partial charge < -0.3 is 10.2 Å². The lowest BCUT2D eigenvalue weighted by Crippen LogP contribution is -2.38. The van der Waals surface area contributed by atoms with Gasteiger partial charge in [0.15, 0.2) is 0 Å². The Morgan fingerprint density at radius 2 is 1.84 bits per heavy atom. The number of benzene rings is 1. The molecule has 1 N–H and O–H groups in total. The number of hydrogen-bond donors (Lipinski definition) is 1. The van der Waals surface area contributed by atoms with Crippen molar-refractivity contribution in [2.75, 3.05) is 19.6 Å². The normalized spacial score (nSPS) is 14.2. The first-order chi connectivity index (χ1) is 15.6. The molecule has 0 spiro atoms. The summed E-state index contributed by atoms with van der Waals surface area (Å²) in [4.78, 5) is 40.4. The molecule has 1 aromatic carbocycles. The summed E-state index contributed by atoms with van der Waals surface area (Å²) in [5, 5.41) is 3.00. The topological polar surface area (TPSA) is 88.1 Å². The van der Waals surface area contributed by atoms with Gasteiger partial charge in [-0.1, -0.05) is 30.3 Å². The summed E-state index contributed by atoms with van der Waals surface area (Å²) >= 11 is 0. The molecule has 1 aliphatic rings. The maximum atomic E-state index is 12.9.